The number of nitrogens with one attached hydrogen (secondary N) is 1. The number of rotatable bonds is 8. The predicted molar refractivity (Wildman–Crippen MR) is 63.8 cm³/mol. The first kappa shape index (κ1) is 15.8. The highest BCUT2D eigenvalue weighted by Crippen LogP contribution is 2.07. The number of carboxylic acid groups (broad SMARTS) is 1. The van der Waals surface area contributed by atoms with Crippen LogP contribution in [0.25, 0.3) is 0 Å². The number of thioether (sulfide) groups is 1. The summed E-state index contributed by atoms with van der Waals surface area (Å²) in [7, 11) is 1.32. The molecular formula is C10H17NO5S. The lowest BCUT2D eigenvalue weighted by Crippen LogP contribution is -2.39. The van der Waals surface area contributed by atoms with Gasteiger partial charge in [0.15, 0.2) is 0 Å². The zero-order valence-corrected chi connectivity index (χ0v) is 10.7. The van der Waals surface area contributed by atoms with E-state index in [4.69, 9.17) is 5.11 Å². The summed E-state index contributed by atoms with van der Waals surface area (Å²) in [6.45, 7) is 1.28. The van der Waals surface area contributed by atoms with Crippen molar-refractivity contribution >= 4 is 29.6 Å². The topological polar surface area (TPSA) is 92.7 Å². The number of carbonyl (C=O) groups excluding carboxylic acids is 2. The fourth-order valence-corrected chi connectivity index (χ4v) is 1.98. The van der Waals surface area contributed by atoms with E-state index in [1.807, 2.05) is 0 Å². The van der Waals surface area contributed by atoms with Gasteiger partial charge in [0, 0.05) is 12.7 Å². The largest absolute Gasteiger partial charge is 0.480 e. The molecule has 0 aromatic carbocycles. The van der Waals surface area contributed by atoms with Gasteiger partial charge in [0.05, 0.1) is 13.5 Å². The number of methoxy groups -OCH3 is 1. The number of hydrogen-bond acceptors (Lipinski definition) is 5. The molecule has 17 heavy (non-hydrogen) atoms. The van der Waals surface area contributed by atoms with Crippen molar-refractivity contribution in [2.24, 2.45) is 0 Å². The molecule has 6 nitrogen and oxygen atoms in total. The van der Waals surface area contributed by atoms with Crippen LogP contribution in [-0.4, -0.2) is 47.6 Å². The van der Waals surface area contributed by atoms with E-state index in [1.165, 1.54) is 25.8 Å². The average Bonchev–Trinajstić information content (AvgIpc) is 2.25. The Hall–Kier alpha value is -1.24. The molecule has 0 aliphatic rings. The van der Waals surface area contributed by atoms with Crippen LogP contribution in [0, 0.1) is 0 Å². The molecule has 0 saturated heterocycles. The summed E-state index contributed by atoms with van der Waals surface area (Å²) in [6, 6.07) is -0.863. The number of esters is 1. The standard InChI is InChI=1S/C10H17NO5S/c1-7(12)11-8(10(14)15)3-5-17-6-4-9(13)16-2/h8H,3-6H2,1-2H3,(H,11,12)(H,14,15). The van der Waals surface area contributed by atoms with Crippen molar-refractivity contribution in [1.82, 2.24) is 5.32 Å². The summed E-state index contributed by atoms with van der Waals surface area (Å²) in [4.78, 5) is 32.3. The number of ether oxygens (including phenoxy) is 1. The van der Waals surface area contributed by atoms with Crippen molar-refractivity contribution in [3.8, 4) is 0 Å². The molecule has 0 bridgehead atoms. The fourth-order valence-electron chi connectivity index (χ4n) is 1.06. The summed E-state index contributed by atoms with van der Waals surface area (Å²) < 4.78 is 4.47. The van der Waals surface area contributed by atoms with E-state index in [2.05, 4.69) is 10.1 Å². The molecule has 2 N–H and O–H groups in total. The minimum absolute atomic E-state index is 0.283. The third-order valence-electron chi connectivity index (χ3n) is 1.90. The molecule has 0 aromatic heterocycles. The Balaban J connectivity index is 3.72. The van der Waals surface area contributed by atoms with Crippen LogP contribution in [0.3, 0.4) is 0 Å². The number of carboxylic acids is 1. The molecule has 0 spiro atoms. The maximum atomic E-state index is 10.8. The predicted octanol–water partition coefficient (Wildman–Crippen LogP) is 0.262. The minimum atomic E-state index is -1.05. The number of carbonyl (C=O) groups is 3. The maximum absolute atomic E-state index is 10.8. The van der Waals surface area contributed by atoms with E-state index in [0.717, 1.165) is 0 Å². The zero-order chi connectivity index (χ0) is 13.3. The van der Waals surface area contributed by atoms with E-state index in [9.17, 15) is 14.4 Å². The van der Waals surface area contributed by atoms with Crippen LogP contribution in [0.15, 0.2) is 0 Å². The molecule has 0 aromatic rings. The molecule has 0 rings (SSSR count). The Morgan fingerprint density at radius 1 is 1.35 bits per heavy atom. The van der Waals surface area contributed by atoms with E-state index in [-0.39, 0.29) is 11.9 Å². The number of hydrogen-bond donors (Lipinski definition) is 2. The van der Waals surface area contributed by atoms with Gasteiger partial charge in [-0.3, -0.25) is 9.59 Å². The maximum Gasteiger partial charge on any atom is 0.326 e. The highest BCUT2D eigenvalue weighted by atomic mass is 32.2. The van der Waals surface area contributed by atoms with Crippen LogP contribution in [0.2, 0.25) is 0 Å². The van der Waals surface area contributed by atoms with Gasteiger partial charge in [-0.2, -0.15) is 11.8 Å². The molecule has 7 heteroatoms. The molecule has 0 aliphatic heterocycles. The van der Waals surface area contributed by atoms with Crippen molar-refractivity contribution in [2.45, 2.75) is 25.8 Å². The van der Waals surface area contributed by atoms with Crippen LogP contribution in [-0.2, 0) is 19.1 Å². The van der Waals surface area contributed by atoms with Gasteiger partial charge in [-0.15, -0.1) is 0 Å². The van der Waals surface area contributed by atoms with Gasteiger partial charge in [-0.25, -0.2) is 4.79 Å². The van der Waals surface area contributed by atoms with Gasteiger partial charge < -0.3 is 15.2 Å². The lowest BCUT2D eigenvalue weighted by Gasteiger charge is -2.12. The summed E-state index contributed by atoms with van der Waals surface area (Å²) >= 11 is 1.45. The third kappa shape index (κ3) is 8.56. The van der Waals surface area contributed by atoms with E-state index in [1.54, 1.807) is 0 Å². The minimum Gasteiger partial charge on any atom is -0.480 e. The van der Waals surface area contributed by atoms with Crippen molar-refractivity contribution in [3.63, 3.8) is 0 Å². The monoisotopic (exact) mass is 263 g/mol. The van der Waals surface area contributed by atoms with Crippen LogP contribution in [0.4, 0.5) is 0 Å². The Labute approximate surface area is 104 Å². The lowest BCUT2D eigenvalue weighted by molar-refractivity contribution is -0.141. The fraction of sp³-hybridized carbons (Fsp3) is 0.700. The second-order valence-electron chi connectivity index (χ2n) is 3.32. The molecule has 1 unspecified atom stereocenters. The van der Waals surface area contributed by atoms with Crippen molar-refractivity contribution in [1.29, 1.82) is 0 Å². The normalized spacial score (nSPS) is 11.6. The van der Waals surface area contributed by atoms with Gasteiger partial charge >= 0.3 is 11.9 Å². The molecule has 1 atom stereocenters. The van der Waals surface area contributed by atoms with Crippen molar-refractivity contribution in [3.05, 3.63) is 0 Å². The Bertz CT molecular complexity index is 282. The second kappa shape index (κ2) is 8.86. The quantitative estimate of drug-likeness (QED) is 0.482. The molecule has 0 saturated carbocycles. The van der Waals surface area contributed by atoms with E-state index >= 15 is 0 Å². The average molecular weight is 263 g/mol. The van der Waals surface area contributed by atoms with Crippen molar-refractivity contribution < 1.29 is 24.2 Å². The summed E-state index contributed by atoms with van der Waals surface area (Å²) in [6.07, 6.45) is 0.639. The molecule has 0 aliphatic carbocycles. The Morgan fingerprint density at radius 3 is 2.47 bits per heavy atom. The smallest absolute Gasteiger partial charge is 0.326 e. The van der Waals surface area contributed by atoms with Gasteiger partial charge in [0.1, 0.15) is 6.04 Å². The van der Waals surface area contributed by atoms with Crippen LogP contribution in [0.5, 0.6) is 0 Å². The SMILES string of the molecule is COC(=O)CCSCCC(NC(C)=O)C(=O)O. The van der Waals surface area contributed by atoms with Crippen LogP contribution >= 0.6 is 11.8 Å². The Kier molecular flexibility index (Phi) is 8.21. The zero-order valence-electron chi connectivity index (χ0n) is 9.89. The molecule has 0 fully saturated rings. The Morgan fingerprint density at radius 2 is 2.00 bits per heavy atom. The first-order chi connectivity index (χ1) is 7.97. The van der Waals surface area contributed by atoms with Crippen molar-refractivity contribution in [2.75, 3.05) is 18.6 Å². The second-order valence-corrected chi connectivity index (χ2v) is 4.54. The van der Waals surface area contributed by atoms with E-state index in [0.29, 0.717) is 24.3 Å². The van der Waals surface area contributed by atoms with Gasteiger partial charge in [0.25, 0.3) is 0 Å². The number of amides is 1. The third-order valence-corrected chi connectivity index (χ3v) is 2.92. The number of aliphatic carboxylic acids is 1. The molecule has 0 heterocycles. The summed E-state index contributed by atoms with van der Waals surface area (Å²) in [5.41, 5.74) is 0. The lowest BCUT2D eigenvalue weighted by atomic mass is 10.2. The summed E-state index contributed by atoms with van der Waals surface area (Å²) in [5, 5.41) is 11.2. The highest BCUT2D eigenvalue weighted by Gasteiger charge is 2.17. The van der Waals surface area contributed by atoms with Crippen LogP contribution < -0.4 is 5.32 Å². The van der Waals surface area contributed by atoms with Gasteiger partial charge in [0.2, 0.25) is 5.91 Å². The van der Waals surface area contributed by atoms with Crippen LogP contribution in [0.1, 0.15) is 19.8 Å². The van der Waals surface area contributed by atoms with Gasteiger partial charge in [-0.1, -0.05) is 0 Å². The molecule has 1 amide bonds. The molecule has 0 radical (unpaired) electrons. The highest BCUT2D eigenvalue weighted by molar-refractivity contribution is 7.99. The summed E-state index contributed by atoms with van der Waals surface area (Å²) in [5.74, 6) is -0.548. The first-order valence-corrected chi connectivity index (χ1v) is 6.27. The molecular weight excluding hydrogens is 246 g/mol. The van der Waals surface area contributed by atoms with E-state index < -0.39 is 12.0 Å². The molecule has 98 valence electrons. The first-order valence-electron chi connectivity index (χ1n) is 5.11. The van der Waals surface area contributed by atoms with Gasteiger partial charge in [-0.05, 0) is 12.2 Å².